The molecule has 2 saturated carbocycles. The molecule has 3 fully saturated rings. The van der Waals surface area contributed by atoms with Gasteiger partial charge in [0.15, 0.2) is 0 Å². The van der Waals surface area contributed by atoms with Gasteiger partial charge in [0.2, 0.25) is 5.91 Å². The molecule has 3 aliphatic rings. The molecule has 1 aliphatic heterocycles. The fourth-order valence-electron chi connectivity index (χ4n) is 4.58. The number of imidazole rings is 1. The molecular formula is C18H22N4O. The number of nitrogens with zero attached hydrogens (tertiary/aromatic N) is 2. The van der Waals surface area contributed by atoms with Crippen LogP contribution >= 0.6 is 0 Å². The minimum Gasteiger partial charge on any atom is -0.343 e. The van der Waals surface area contributed by atoms with E-state index >= 15 is 0 Å². The van der Waals surface area contributed by atoms with Crippen molar-refractivity contribution in [1.82, 2.24) is 20.0 Å². The van der Waals surface area contributed by atoms with Crippen molar-refractivity contribution in [3.8, 4) is 0 Å². The highest BCUT2D eigenvalue weighted by Crippen LogP contribution is 2.50. The minimum absolute atomic E-state index is 0.224. The maximum absolute atomic E-state index is 12.7. The molecule has 0 radical (unpaired) electrons. The fraction of sp³-hybridized carbons (Fsp3) is 0.556. The van der Waals surface area contributed by atoms with Crippen LogP contribution in [0.2, 0.25) is 0 Å². The van der Waals surface area contributed by atoms with Crippen molar-refractivity contribution in [1.29, 1.82) is 0 Å². The molecule has 5 rings (SSSR count). The number of fused-ring (bicyclic) bond motifs is 2. The lowest BCUT2D eigenvalue weighted by molar-refractivity contribution is -0.126. The summed E-state index contributed by atoms with van der Waals surface area (Å²) in [7, 11) is 0. The molecule has 23 heavy (non-hydrogen) atoms. The van der Waals surface area contributed by atoms with Crippen molar-refractivity contribution in [2.45, 2.75) is 31.7 Å². The maximum Gasteiger partial charge on any atom is 0.224 e. The summed E-state index contributed by atoms with van der Waals surface area (Å²) >= 11 is 0. The zero-order valence-corrected chi connectivity index (χ0v) is 13.4. The van der Waals surface area contributed by atoms with Crippen LogP contribution < -0.4 is 10.6 Å². The normalized spacial score (nSPS) is 30.7. The third-order valence-corrected chi connectivity index (χ3v) is 6.17. The Hall–Kier alpha value is -1.88. The lowest BCUT2D eigenvalue weighted by Crippen LogP contribution is -2.53. The Kier molecular flexibility index (Phi) is 2.69. The van der Waals surface area contributed by atoms with Crippen LogP contribution in [0.4, 0.5) is 0 Å². The molecule has 3 heterocycles. The fourth-order valence-corrected chi connectivity index (χ4v) is 4.58. The van der Waals surface area contributed by atoms with Crippen molar-refractivity contribution in [2.24, 2.45) is 17.8 Å². The van der Waals surface area contributed by atoms with Crippen LogP contribution in [0.25, 0.3) is 5.52 Å². The first-order valence-corrected chi connectivity index (χ1v) is 8.65. The van der Waals surface area contributed by atoms with Gasteiger partial charge >= 0.3 is 0 Å². The second-order valence-electron chi connectivity index (χ2n) is 7.46. The molecule has 0 aromatic carbocycles. The van der Waals surface area contributed by atoms with Gasteiger partial charge in [-0.15, -0.1) is 0 Å². The van der Waals surface area contributed by atoms with E-state index in [1.165, 1.54) is 5.56 Å². The van der Waals surface area contributed by atoms with E-state index in [2.05, 4.69) is 40.3 Å². The number of hydrogen-bond donors (Lipinski definition) is 2. The van der Waals surface area contributed by atoms with E-state index in [-0.39, 0.29) is 17.4 Å². The number of hydrogen-bond acceptors (Lipinski definition) is 3. The Balaban J connectivity index is 1.46. The van der Waals surface area contributed by atoms with E-state index in [0.29, 0.717) is 11.8 Å². The summed E-state index contributed by atoms with van der Waals surface area (Å²) in [6.45, 7) is 4.10. The Labute approximate surface area is 135 Å². The molecule has 2 aromatic rings. The highest BCUT2D eigenvalue weighted by Gasteiger charge is 2.58. The molecule has 2 aliphatic carbocycles. The third kappa shape index (κ3) is 1.83. The second kappa shape index (κ2) is 4.57. The van der Waals surface area contributed by atoms with Crippen molar-refractivity contribution in [2.75, 3.05) is 13.1 Å². The topological polar surface area (TPSA) is 58.4 Å². The molecule has 3 atom stereocenters. The van der Waals surface area contributed by atoms with Crippen LogP contribution in [0.1, 0.15) is 30.7 Å². The van der Waals surface area contributed by atoms with Crippen molar-refractivity contribution in [3.63, 3.8) is 0 Å². The van der Waals surface area contributed by atoms with Crippen molar-refractivity contribution >= 4 is 11.4 Å². The van der Waals surface area contributed by atoms with E-state index in [1.54, 1.807) is 0 Å². The van der Waals surface area contributed by atoms with Gasteiger partial charge in [-0.1, -0.05) is 6.07 Å². The van der Waals surface area contributed by atoms with E-state index in [9.17, 15) is 4.79 Å². The molecule has 1 saturated heterocycles. The predicted octanol–water partition coefficient (Wildman–Crippen LogP) is 1.60. The number of aryl methyl sites for hydroxylation is 1. The molecular weight excluding hydrogens is 288 g/mol. The number of piperidine rings is 1. The number of carbonyl (C=O) groups excluding carboxylic acids is 1. The Morgan fingerprint density at radius 1 is 1.39 bits per heavy atom. The van der Waals surface area contributed by atoms with Crippen LogP contribution in [0.3, 0.4) is 0 Å². The minimum atomic E-state index is -0.262. The number of amides is 1. The summed E-state index contributed by atoms with van der Waals surface area (Å²) in [6.07, 6.45) is 7.14. The summed E-state index contributed by atoms with van der Waals surface area (Å²) < 4.78 is 2.16. The number of rotatable bonds is 3. The second-order valence-corrected chi connectivity index (χ2v) is 7.46. The largest absolute Gasteiger partial charge is 0.343 e. The Morgan fingerprint density at radius 3 is 2.87 bits per heavy atom. The zero-order valence-electron chi connectivity index (χ0n) is 13.4. The number of nitrogens with one attached hydrogen (secondary N) is 2. The van der Waals surface area contributed by atoms with Gasteiger partial charge in [-0.05, 0) is 62.7 Å². The quantitative estimate of drug-likeness (QED) is 0.905. The first-order valence-electron chi connectivity index (χ1n) is 8.65. The van der Waals surface area contributed by atoms with Gasteiger partial charge in [0.1, 0.15) is 5.82 Å². The average Bonchev–Trinajstić information content (AvgIpc) is 2.89. The van der Waals surface area contributed by atoms with Gasteiger partial charge in [-0.25, -0.2) is 4.98 Å². The summed E-state index contributed by atoms with van der Waals surface area (Å²) in [6, 6.07) is 4.16. The summed E-state index contributed by atoms with van der Waals surface area (Å²) in [4.78, 5) is 17.4. The number of aromatic nitrogens is 2. The van der Waals surface area contributed by atoms with E-state index in [4.69, 9.17) is 4.98 Å². The predicted molar refractivity (Wildman–Crippen MR) is 86.9 cm³/mol. The smallest absolute Gasteiger partial charge is 0.224 e. The van der Waals surface area contributed by atoms with Crippen molar-refractivity contribution in [3.05, 3.63) is 35.9 Å². The molecule has 0 spiro atoms. The molecule has 120 valence electrons. The summed E-state index contributed by atoms with van der Waals surface area (Å²) in [5.41, 5.74) is 2.09. The lowest BCUT2D eigenvalue weighted by Gasteiger charge is -2.41. The van der Waals surface area contributed by atoms with Gasteiger partial charge in [0, 0.05) is 12.1 Å². The Morgan fingerprint density at radius 2 is 2.17 bits per heavy atom. The van der Waals surface area contributed by atoms with Crippen LogP contribution in [0, 0.1) is 24.7 Å². The lowest BCUT2D eigenvalue weighted by atomic mass is 9.75. The van der Waals surface area contributed by atoms with Crippen LogP contribution in [0.5, 0.6) is 0 Å². The van der Waals surface area contributed by atoms with Gasteiger partial charge in [0.05, 0.1) is 17.3 Å². The van der Waals surface area contributed by atoms with Gasteiger partial charge in [-0.2, -0.15) is 0 Å². The van der Waals surface area contributed by atoms with E-state index < -0.39 is 0 Å². The first-order chi connectivity index (χ1) is 11.2. The Bertz CT molecular complexity index is 781. The molecule has 1 unspecified atom stereocenters. The summed E-state index contributed by atoms with van der Waals surface area (Å²) in [5.74, 6) is 2.59. The van der Waals surface area contributed by atoms with E-state index in [0.717, 1.165) is 43.7 Å². The van der Waals surface area contributed by atoms with Crippen LogP contribution in [-0.2, 0) is 10.3 Å². The van der Waals surface area contributed by atoms with Gasteiger partial charge < -0.3 is 15.0 Å². The molecule has 1 amide bonds. The number of carbonyl (C=O) groups is 1. The van der Waals surface area contributed by atoms with Crippen LogP contribution in [0.15, 0.2) is 24.5 Å². The number of pyridine rings is 1. The van der Waals surface area contributed by atoms with Gasteiger partial charge in [0.25, 0.3) is 0 Å². The molecule has 0 bridgehead atoms. The molecule has 5 nitrogen and oxygen atoms in total. The maximum atomic E-state index is 12.7. The molecule has 2 N–H and O–H groups in total. The highest BCUT2D eigenvalue weighted by atomic mass is 16.2. The SMILES string of the molecule is Cc1cccn2c(C3(NC(=O)C4[C@H]5CNC[C@@H]45)CCC3)ncc12. The van der Waals surface area contributed by atoms with Gasteiger partial charge in [-0.3, -0.25) is 4.79 Å². The van der Waals surface area contributed by atoms with Crippen LogP contribution in [-0.4, -0.2) is 28.4 Å². The van der Waals surface area contributed by atoms with Crippen molar-refractivity contribution < 1.29 is 4.79 Å². The first kappa shape index (κ1) is 13.5. The average molecular weight is 310 g/mol. The standard InChI is InChI=1S/C18H22N4O/c1-11-4-2-7-22-14(11)10-20-17(22)18(5-3-6-18)21-16(23)15-12-8-19-9-13(12)15/h2,4,7,10,12-13,15,19H,3,5-6,8-9H2,1H3,(H,21,23)/t12-,13+,15?. The zero-order chi connectivity index (χ0) is 15.6. The molecule has 5 heteroatoms. The molecule has 2 aromatic heterocycles. The summed E-state index contributed by atoms with van der Waals surface area (Å²) in [5, 5.41) is 6.74. The highest BCUT2D eigenvalue weighted by molar-refractivity contribution is 5.83. The van der Waals surface area contributed by atoms with E-state index in [1.807, 2.05) is 6.20 Å². The monoisotopic (exact) mass is 310 g/mol. The third-order valence-electron chi connectivity index (χ3n) is 6.17.